The number of carbonyl (C=O) groups is 2. The Morgan fingerprint density at radius 3 is 2.43 bits per heavy atom. The predicted octanol–water partition coefficient (Wildman–Crippen LogP) is 4.37. The van der Waals surface area contributed by atoms with Crippen molar-refractivity contribution in [3.8, 4) is 5.75 Å². The zero-order valence-corrected chi connectivity index (χ0v) is 16.7. The van der Waals surface area contributed by atoms with Gasteiger partial charge in [0.1, 0.15) is 11.5 Å². The summed E-state index contributed by atoms with van der Waals surface area (Å²) < 4.78 is 5.21. The molecule has 1 aliphatic rings. The topological polar surface area (TPSA) is 79.7 Å². The van der Waals surface area contributed by atoms with E-state index in [9.17, 15) is 14.7 Å². The van der Waals surface area contributed by atoms with Gasteiger partial charge in [-0.25, -0.2) is 0 Å². The highest BCUT2D eigenvalue weighted by molar-refractivity contribution is 6.52. The van der Waals surface area contributed by atoms with Gasteiger partial charge < -0.3 is 9.84 Å². The number of methoxy groups -OCH3 is 1. The summed E-state index contributed by atoms with van der Waals surface area (Å²) >= 11 is 6.29. The maximum absolute atomic E-state index is 13.1. The van der Waals surface area contributed by atoms with Crippen LogP contribution in [0, 0.1) is 0 Å². The van der Waals surface area contributed by atoms with Crippen molar-refractivity contribution in [2.45, 2.75) is 6.04 Å². The molecule has 30 heavy (non-hydrogen) atoms. The van der Waals surface area contributed by atoms with Gasteiger partial charge in [-0.05, 0) is 48.0 Å². The van der Waals surface area contributed by atoms with Gasteiger partial charge in [0, 0.05) is 23.6 Å². The number of aliphatic hydroxyl groups excluding tert-OH is 1. The van der Waals surface area contributed by atoms with Gasteiger partial charge in [-0.3, -0.25) is 19.5 Å². The number of aliphatic hydroxyl groups is 1. The number of ketones is 1. The zero-order chi connectivity index (χ0) is 21.3. The van der Waals surface area contributed by atoms with E-state index >= 15 is 0 Å². The highest BCUT2D eigenvalue weighted by atomic mass is 35.5. The molecule has 150 valence electrons. The minimum atomic E-state index is -0.835. The lowest BCUT2D eigenvalue weighted by atomic mass is 9.95. The van der Waals surface area contributed by atoms with E-state index in [0.717, 1.165) is 0 Å². The molecule has 1 N–H and O–H groups in total. The first-order chi connectivity index (χ1) is 14.5. The third-order valence-electron chi connectivity index (χ3n) is 4.93. The maximum Gasteiger partial charge on any atom is 0.300 e. The number of hydrogen-bond donors (Lipinski definition) is 1. The van der Waals surface area contributed by atoms with Crippen LogP contribution in [0.1, 0.15) is 17.2 Å². The van der Waals surface area contributed by atoms with Crippen molar-refractivity contribution in [1.82, 2.24) is 4.98 Å². The van der Waals surface area contributed by atoms with E-state index in [4.69, 9.17) is 16.3 Å². The standard InChI is InChI=1S/C23H17ClN2O4/c1-30-16-7-8-18(24)17(13-16)21(27)19-20(14-9-11-25-12-10-14)26(23(29)22(19)28)15-5-3-2-4-6-15/h2-13,20,27H,1H3/b21-19+. The van der Waals surface area contributed by atoms with Gasteiger partial charge in [-0.15, -0.1) is 0 Å². The molecule has 4 rings (SSSR count). The number of pyridine rings is 1. The van der Waals surface area contributed by atoms with Crippen LogP contribution in [0.3, 0.4) is 0 Å². The third-order valence-corrected chi connectivity index (χ3v) is 5.26. The number of hydrogen-bond acceptors (Lipinski definition) is 5. The number of amides is 1. The van der Waals surface area contributed by atoms with Crippen molar-refractivity contribution < 1.29 is 19.4 Å². The normalized spacial score (nSPS) is 17.9. The van der Waals surface area contributed by atoms with Gasteiger partial charge in [-0.1, -0.05) is 29.8 Å². The summed E-state index contributed by atoms with van der Waals surface area (Å²) in [6.07, 6.45) is 3.14. The minimum Gasteiger partial charge on any atom is -0.507 e. The largest absolute Gasteiger partial charge is 0.507 e. The SMILES string of the molecule is COc1ccc(Cl)c(/C(O)=C2\C(=O)C(=O)N(c3ccccc3)C2c2ccncc2)c1. The van der Waals surface area contributed by atoms with Crippen molar-refractivity contribution in [2.24, 2.45) is 0 Å². The Labute approximate surface area is 178 Å². The van der Waals surface area contributed by atoms with Crippen molar-refractivity contribution in [3.63, 3.8) is 0 Å². The Balaban J connectivity index is 1.97. The molecule has 2 aromatic carbocycles. The van der Waals surface area contributed by atoms with Crippen LogP contribution in [-0.2, 0) is 9.59 Å². The van der Waals surface area contributed by atoms with Crippen LogP contribution in [0.4, 0.5) is 5.69 Å². The molecule has 1 unspecified atom stereocenters. The Bertz CT molecular complexity index is 1150. The lowest BCUT2D eigenvalue weighted by molar-refractivity contribution is -0.132. The zero-order valence-electron chi connectivity index (χ0n) is 15.9. The van der Waals surface area contributed by atoms with E-state index in [-0.39, 0.29) is 21.9 Å². The average molecular weight is 421 g/mol. The van der Waals surface area contributed by atoms with Gasteiger partial charge in [0.2, 0.25) is 0 Å². The molecule has 0 bridgehead atoms. The lowest BCUT2D eigenvalue weighted by Crippen LogP contribution is -2.29. The first-order valence-corrected chi connectivity index (χ1v) is 9.50. The second kappa shape index (κ2) is 8.00. The number of rotatable bonds is 4. The van der Waals surface area contributed by atoms with Crippen LogP contribution >= 0.6 is 11.6 Å². The number of benzene rings is 2. The summed E-state index contributed by atoms with van der Waals surface area (Å²) in [4.78, 5) is 31.4. The second-order valence-electron chi connectivity index (χ2n) is 6.63. The quantitative estimate of drug-likeness (QED) is 0.385. The molecule has 1 amide bonds. The molecule has 1 atom stereocenters. The van der Waals surface area contributed by atoms with E-state index in [1.165, 1.54) is 18.1 Å². The summed E-state index contributed by atoms with van der Waals surface area (Å²) in [5.41, 5.74) is 1.33. The smallest absolute Gasteiger partial charge is 0.300 e. The average Bonchev–Trinajstić information content (AvgIpc) is 3.05. The lowest BCUT2D eigenvalue weighted by Gasteiger charge is -2.25. The Morgan fingerprint density at radius 2 is 1.77 bits per heavy atom. The molecule has 0 aliphatic carbocycles. The first-order valence-electron chi connectivity index (χ1n) is 9.13. The van der Waals surface area contributed by atoms with Crippen LogP contribution in [0.15, 0.2) is 78.6 Å². The molecule has 7 heteroatoms. The Hall–Kier alpha value is -3.64. The summed E-state index contributed by atoms with van der Waals surface area (Å²) in [6, 6.07) is 16.1. The molecule has 0 saturated carbocycles. The summed E-state index contributed by atoms with van der Waals surface area (Å²) in [6.45, 7) is 0. The van der Waals surface area contributed by atoms with E-state index < -0.39 is 17.7 Å². The fourth-order valence-electron chi connectivity index (χ4n) is 3.51. The molecule has 1 aromatic heterocycles. The highest BCUT2D eigenvalue weighted by Gasteiger charge is 2.47. The number of aromatic nitrogens is 1. The number of ether oxygens (including phenoxy) is 1. The van der Waals surface area contributed by atoms with Crippen molar-refractivity contribution in [1.29, 1.82) is 0 Å². The fraction of sp³-hybridized carbons (Fsp3) is 0.0870. The van der Waals surface area contributed by atoms with E-state index in [1.807, 2.05) is 6.07 Å². The maximum atomic E-state index is 13.1. The second-order valence-corrected chi connectivity index (χ2v) is 7.04. The molecule has 0 radical (unpaired) electrons. The van der Waals surface area contributed by atoms with E-state index in [2.05, 4.69) is 4.98 Å². The predicted molar refractivity (Wildman–Crippen MR) is 113 cm³/mol. The number of carbonyl (C=O) groups excluding carboxylic acids is 2. The molecule has 1 fully saturated rings. The Morgan fingerprint density at radius 1 is 1.07 bits per heavy atom. The van der Waals surface area contributed by atoms with Gasteiger partial charge in [0.15, 0.2) is 0 Å². The minimum absolute atomic E-state index is 0.0507. The number of nitrogens with zero attached hydrogens (tertiary/aromatic N) is 2. The number of anilines is 1. The summed E-state index contributed by atoms with van der Waals surface area (Å²) in [5, 5.41) is 11.4. The van der Waals surface area contributed by atoms with E-state index in [1.54, 1.807) is 60.9 Å². The van der Waals surface area contributed by atoms with Gasteiger partial charge in [0.25, 0.3) is 11.7 Å². The van der Waals surface area contributed by atoms with Crippen LogP contribution in [0.2, 0.25) is 5.02 Å². The molecular weight excluding hydrogens is 404 g/mol. The van der Waals surface area contributed by atoms with Gasteiger partial charge >= 0.3 is 0 Å². The van der Waals surface area contributed by atoms with Crippen molar-refractivity contribution in [2.75, 3.05) is 12.0 Å². The summed E-state index contributed by atoms with van der Waals surface area (Å²) in [5.74, 6) is -1.43. The molecule has 0 spiro atoms. The summed E-state index contributed by atoms with van der Waals surface area (Å²) in [7, 11) is 1.48. The molecule has 6 nitrogen and oxygen atoms in total. The molecule has 3 aromatic rings. The molecule has 1 aliphatic heterocycles. The van der Waals surface area contributed by atoms with Crippen LogP contribution in [-0.4, -0.2) is 28.9 Å². The van der Waals surface area contributed by atoms with E-state index in [0.29, 0.717) is 17.0 Å². The molecular formula is C23H17ClN2O4. The Kier molecular flexibility index (Phi) is 5.25. The number of para-hydroxylation sites is 1. The fourth-order valence-corrected chi connectivity index (χ4v) is 3.71. The molecule has 1 saturated heterocycles. The van der Waals surface area contributed by atoms with Gasteiger partial charge in [0.05, 0.1) is 23.7 Å². The van der Waals surface area contributed by atoms with Crippen molar-refractivity contribution >= 4 is 34.7 Å². The highest BCUT2D eigenvalue weighted by Crippen LogP contribution is 2.43. The first kappa shape index (κ1) is 19.7. The number of Topliss-reactive ketones (excluding diaryl/α,β-unsaturated/α-hetero) is 1. The van der Waals surface area contributed by atoms with Crippen LogP contribution < -0.4 is 9.64 Å². The molecule has 2 heterocycles. The van der Waals surface area contributed by atoms with Gasteiger partial charge in [-0.2, -0.15) is 0 Å². The van der Waals surface area contributed by atoms with Crippen LogP contribution in [0.5, 0.6) is 5.75 Å². The third kappa shape index (κ3) is 3.31. The number of halogens is 1. The van der Waals surface area contributed by atoms with Crippen LogP contribution in [0.25, 0.3) is 5.76 Å². The van der Waals surface area contributed by atoms with Crippen molar-refractivity contribution in [3.05, 3.63) is 94.8 Å². The monoisotopic (exact) mass is 420 g/mol.